The third-order valence-electron chi connectivity index (χ3n) is 12.0. The van der Waals surface area contributed by atoms with Crippen LogP contribution in [0.5, 0.6) is 0 Å². The topological polar surface area (TPSA) is 84.9 Å². The average Bonchev–Trinajstić information content (AvgIpc) is 3.32. The van der Waals surface area contributed by atoms with Crippen LogP contribution in [0.3, 0.4) is 0 Å². The van der Waals surface area contributed by atoms with Gasteiger partial charge in [-0.2, -0.15) is 0 Å². The van der Waals surface area contributed by atoms with E-state index in [-0.39, 0.29) is 23.5 Å². The molecule has 1 aliphatic heterocycles. The van der Waals surface area contributed by atoms with Crippen LogP contribution >= 0.6 is 0 Å². The van der Waals surface area contributed by atoms with Gasteiger partial charge in [0.1, 0.15) is 6.10 Å². The molecule has 0 bridgehead atoms. The van der Waals surface area contributed by atoms with Gasteiger partial charge in [-0.1, -0.05) is 34.1 Å². The molecule has 5 heteroatoms. The molecule has 5 aliphatic rings. The Balaban J connectivity index is 1.49. The van der Waals surface area contributed by atoms with Gasteiger partial charge in [0.15, 0.2) is 0 Å². The van der Waals surface area contributed by atoms with Crippen molar-refractivity contribution in [2.24, 2.45) is 45.7 Å². The third-order valence-corrected chi connectivity index (χ3v) is 12.0. The molecule has 0 aromatic heterocycles. The summed E-state index contributed by atoms with van der Waals surface area (Å²) in [5.74, 6) is 1.75. The van der Waals surface area contributed by atoms with E-state index in [1.54, 1.807) is 13.8 Å². The molecule has 1 saturated heterocycles. The number of aliphatic hydroxyl groups excluding tert-OH is 1. The van der Waals surface area contributed by atoms with Crippen molar-refractivity contribution in [2.45, 2.75) is 129 Å². The second-order valence-electron chi connectivity index (χ2n) is 13.7. The van der Waals surface area contributed by atoms with Gasteiger partial charge in [0.05, 0.1) is 29.5 Å². The first-order chi connectivity index (χ1) is 15.3. The molecule has 190 valence electrons. The second-order valence-corrected chi connectivity index (χ2v) is 13.7. The zero-order valence-electron chi connectivity index (χ0n) is 22.1. The van der Waals surface area contributed by atoms with Crippen LogP contribution in [0.15, 0.2) is 0 Å². The fourth-order valence-electron chi connectivity index (χ4n) is 10.5. The van der Waals surface area contributed by atoms with Crippen molar-refractivity contribution >= 4 is 0 Å². The first-order valence-corrected chi connectivity index (χ1v) is 13.8. The van der Waals surface area contributed by atoms with Crippen molar-refractivity contribution in [3.05, 3.63) is 0 Å². The van der Waals surface area contributed by atoms with Crippen molar-refractivity contribution in [1.82, 2.24) is 0 Å². The largest absolute Gasteiger partial charge is 0.388 e. The Labute approximate surface area is 201 Å². The Hall–Kier alpha value is -0.200. The predicted molar refractivity (Wildman–Crippen MR) is 130 cm³/mol. The van der Waals surface area contributed by atoms with Crippen LogP contribution in [0.4, 0.5) is 0 Å². The molecular formula is C28H49NO4. The van der Waals surface area contributed by atoms with E-state index in [9.17, 15) is 10.2 Å². The van der Waals surface area contributed by atoms with Gasteiger partial charge < -0.3 is 25.4 Å². The minimum atomic E-state index is -1.01. The zero-order valence-corrected chi connectivity index (χ0v) is 22.1. The van der Waals surface area contributed by atoms with E-state index in [4.69, 9.17) is 15.2 Å². The Morgan fingerprint density at radius 1 is 1.15 bits per heavy atom. The maximum absolute atomic E-state index is 12.0. The highest BCUT2D eigenvalue weighted by Gasteiger charge is 2.82. The van der Waals surface area contributed by atoms with Crippen molar-refractivity contribution in [3.8, 4) is 0 Å². The number of hydrogen-bond donors (Lipinski definition) is 3. The molecule has 5 fully saturated rings. The van der Waals surface area contributed by atoms with Gasteiger partial charge in [0, 0.05) is 6.61 Å². The van der Waals surface area contributed by atoms with Crippen molar-refractivity contribution < 1.29 is 19.7 Å². The number of rotatable bonds is 5. The summed E-state index contributed by atoms with van der Waals surface area (Å²) in [6, 6.07) is 0. The lowest BCUT2D eigenvalue weighted by atomic mass is 9.46. The SMILES string of the molecule is CCOC(C1CC(C)C2C(O1)C(O)C1(N)C3CCC(CC)C4(C)CC34CCC21C)C(C)(C)O. The van der Waals surface area contributed by atoms with E-state index in [0.29, 0.717) is 29.3 Å². The van der Waals surface area contributed by atoms with E-state index in [0.717, 1.165) is 25.2 Å². The number of aliphatic hydroxyl groups is 2. The molecule has 12 atom stereocenters. The van der Waals surface area contributed by atoms with Crippen LogP contribution in [0.1, 0.15) is 93.4 Å². The first-order valence-electron chi connectivity index (χ1n) is 13.8. The fourth-order valence-corrected chi connectivity index (χ4v) is 10.5. The molecule has 1 spiro atoms. The zero-order chi connectivity index (χ0) is 24.2. The van der Waals surface area contributed by atoms with Gasteiger partial charge in [0.25, 0.3) is 0 Å². The summed E-state index contributed by atoms with van der Waals surface area (Å²) in [7, 11) is 0. The summed E-state index contributed by atoms with van der Waals surface area (Å²) in [6.45, 7) is 15.6. The normalized spacial score (nSPS) is 56.4. The van der Waals surface area contributed by atoms with Crippen LogP contribution in [0, 0.1) is 39.9 Å². The number of nitrogens with two attached hydrogens (primary N) is 1. The summed E-state index contributed by atoms with van der Waals surface area (Å²) in [6.07, 6.45) is 6.46. The highest BCUT2D eigenvalue weighted by atomic mass is 16.6. The van der Waals surface area contributed by atoms with E-state index in [1.807, 2.05) is 6.92 Å². The van der Waals surface area contributed by atoms with Gasteiger partial charge >= 0.3 is 0 Å². The molecule has 33 heavy (non-hydrogen) atoms. The van der Waals surface area contributed by atoms with Crippen LogP contribution in [0.2, 0.25) is 0 Å². The molecule has 1 heterocycles. The summed E-state index contributed by atoms with van der Waals surface area (Å²) in [4.78, 5) is 0. The van der Waals surface area contributed by atoms with E-state index in [1.165, 1.54) is 25.7 Å². The molecule has 12 unspecified atom stereocenters. The standard InChI is InChI=1S/C28H49NO4/c1-8-17-10-11-19-27(15-26(17,27)7)13-12-25(6)20-16(3)14-18(23(32-9-2)24(4,5)31)33-21(20)22(30)28(19,25)29/h16-23,30-31H,8-15,29H2,1-7H3. The Morgan fingerprint density at radius 2 is 1.85 bits per heavy atom. The molecule has 4 saturated carbocycles. The summed E-state index contributed by atoms with van der Waals surface area (Å²) < 4.78 is 12.7. The van der Waals surface area contributed by atoms with Gasteiger partial charge in [-0.05, 0) is 99.2 Å². The smallest absolute Gasteiger partial charge is 0.112 e. The van der Waals surface area contributed by atoms with Gasteiger partial charge in [-0.3, -0.25) is 0 Å². The van der Waals surface area contributed by atoms with Crippen LogP contribution < -0.4 is 5.73 Å². The minimum absolute atomic E-state index is 0.129. The average molecular weight is 464 g/mol. The molecule has 5 nitrogen and oxygen atoms in total. The van der Waals surface area contributed by atoms with Crippen LogP contribution in [0.25, 0.3) is 0 Å². The molecule has 4 N–H and O–H groups in total. The lowest BCUT2D eigenvalue weighted by Crippen LogP contribution is -2.69. The lowest BCUT2D eigenvalue weighted by molar-refractivity contribution is -0.214. The quantitative estimate of drug-likeness (QED) is 0.567. The summed E-state index contributed by atoms with van der Waals surface area (Å²) >= 11 is 0. The van der Waals surface area contributed by atoms with Crippen molar-refractivity contribution in [2.75, 3.05) is 6.61 Å². The highest BCUT2D eigenvalue weighted by Crippen LogP contribution is 2.83. The number of hydrogen-bond acceptors (Lipinski definition) is 5. The van der Waals surface area contributed by atoms with E-state index in [2.05, 4.69) is 27.7 Å². The first kappa shape index (κ1) is 24.5. The predicted octanol–water partition coefficient (Wildman–Crippen LogP) is 4.28. The Bertz CT molecular complexity index is 782. The van der Waals surface area contributed by atoms with Gasteiger partial charge in [0.2, 0.25) is 0 Å². The molecule has 5 rings (SSSR count). The maximum atomic E-state index is 12.0. The monoisotopic (exact) mass is 463 g/mol. The number of fused-ring (bicyclic) bond motifs is 4. The fraction of sp³-hybridized carbons (Fsp3) is 1.00. The van der Waals surface area contributed by atoms with Crippen LogP contribution in [-0.4, -0.2) is 52.4 Å². The second kappa shape index (κ2) is 7.41. The summed E-state index contributed by atoms with van der Waals surface area (Å²) in [5.41, 5.74) is 6.47. The molecule has 0 amide bonds. The van der Waals surface area contributed by atoms with Gasteiger partial charge in [-0.15, -0.1) is 0 Å². The van der Waals surface area contributed by atoms with Crippen molar-refractivity contribution in [3.63, 3.8) is 0 Å². The third kappa shape index (κ3) is 2.89. The highest BCUT2D eigenvalue weighted by molar-refractivity contribution is 5.33. The summed E-state index contributed by atoms with van der Waals surface area (Å²) in [5, 5.41) is 22.9. The van der Waals surface area contributed by atoms with Crippen LogP contribution in [-0.2, 0) is 9.47 Å². The van der Waals surface area contributed by atoms with Gasteiger partial charge in [-0.25, -0.2) is 0 Å². The number of ether oxygens (including phenoxy) is 2. The lowest BCUT2D eigenvalue weighted by Gasteiger charge is -2.60. The van der Waals surface area contributed by atoms with E-state index < -0.39 is 23.3 Å². The molecule has 0 radical (unpaired) electrons. The Kier molecular flexibility index (Phi) is 5.50. The van der Waals surface area contributed by atoms with Crippen molar-refractivity contribution in [1.29, 1.82) is 0 Å². The van der Waals surface area contributed by atoms with E-state index >= 15 is 0 Å². The molecule has 0 aromatic rings. The molecule has 0 aromatic carbocycles. The Morgan fingerprint density at radius 3 is 2.45 bits per heavy atom. The molecular weight excluding hydrogens is 414 g/mol. The molecule has 4 aliphatic carbocycles. The maximum Gasteiger partial charge on any atom is 0.112 e. The minimum Gasteiger partial charge on any atom is -0.388 e.